The number of fused-ring (bicyclic) bond motifs is 2. The van der Waals surface area contributed by atoms with Crippen LogP contribution in [0.4, 0.5) is 5.13 Å². The fourth-order valence-corrected chi connectivity index (χ4v) is 8.27. The Labute approximate surface area is 298 Å². The molecule has 0 spiro atoms. The van der Waals surface area contributed by atoms with Crippen molar-refractivity contribution < 1.29 is 28.9 Å². The summed E-state index contributed by atoms with van der Waals surface area (Å²) >= 11 is 2.75. The van der Waals surface area contributed by atoms with Crippen LogP contribution in [0.2, 0.25) is 0 Å². The summed E-state index contributed by atoms with van der Waals surface area (Å²) < 4.78 is 18.5. The van der Waals surface area contributed by atoms with Gasteiger partial charge in [0.1, 0.15) is 17.6 Å². The number of anilines is 1. The number of amides is 1. The van der Waals surface area contributed by atoms with Crippen LogP contribution in [0.15, 0.2) is 88.8 Å². The van der Waals surface area contributed by atoms with Crippen molar-refractivity contribution in [3.05, 3.63) is 107 Å². The summed E-state index contributed by atoms with van der Waals surface area (Å²) in [7, 11) is 0. The van der Waals surface area contributed by atoms with Gasteiger partial charge in [0.2, 0.25) is 5.13 Å². The molecule has 2 aliphatic heterocycles. The minimum absolute atomic E-state index is 0.00750. The first-order valence-electron chi connectivity index (χ1n) is 16.8. The number of unbranched alkanes of at least 4 members (excludes halogenated alkanes) is 1. The van der Waals surface area contributed by atoms with E-state index in [1.807, 2.05) is 38.1 Å². The van der Waals surface area contributed by atoms with Crippen molar-refractivity contribution in [3.8, 4) is 17.2 Å². The molecule has 0 saturated carbocycles. The second kappa shape index (κ2) is 14.5. The smallest absolute Gasteiger partial charge is 0.301 e. The highest BCUT2D eigenvalue weighted by Crippen LogP contribution is 2.46. The van der Waals surface area contributed by atoms with Gasteiger partial charge in [-0.25, -0.2) is 0 Å². The highest BCUT2D eigenvalue weighted by molar-refractivity contribution is 8.00. The Kier molecular flexibility index (Phi) is 9.78. The number of ether oxygens (including phenoxy) is 3. The zero-order chi connectivity index (χ0) is 34.8. The van der Waals surface area contributed by atoms with Gasteiger partial charge in [-0.2, -0.15) is 0 Å². The molecule has 1 aromatic heterocycles. The third kappa shape index (κ3) is 6.55. The molecule has 7 rings (SSSR count). The normalized spacial score (nSPS) is 18.0. The number of rotatable bonds is 12. The lowest BCUT2D eigenvalue weighted by Crippen LogP contribution is -2.29. The summed E-state index contributed by atoms with van der Waals surface area (Å²) in [6, 6.07) is 24.1. The van der Waals surface area contributed by atoms with Crippen molar-refractivity contribution in [1.82, 2.24) is 10.2 Å². The number of aliphatic hydroxyl groups excluding tert-OH is 1. The summed E-state index contributed by atoms with van der Waals surface area (Å²) in [6.07, 6.45) is 2.55. The van der Waals surface area contributed by atoms with Crippen LogP contribution < -0.4 is 19.1 Å². The van der Waals surface area contributed by atoms with Crippen molar-refractivity contribution in [2.75, 3.05) is 18.1 Å². The molecule has 0 bridgehead atoms. The van der Waals surface area contributed by atoms with E-state index in [1.54, 1.807) is 30.3 Å². The summed E-state index contributed by atoms with van der Waals surface area (Å²) in [5.74, 6) is 0.575. The van der Waals surface area contributed by atoms with Crippen LogP contribution >= 0.6 is 23.1 Å². The fraction of sp³-hybridized carbons (Fsp3) is 0.282. The molecule has 50 heavy (non-hydrogen) atoms. The van der Waals surface area contributed by atoms with Crippen molar-refractivity contribution >= 4 is 56.5 Å². The second-order valence-corrected chi connectivity index (χ2v) is 14.4. The van der Waals surface area contributed by atoms with Crippen LogP contribution in [0, 0.1) is 0 Å². The molecule has 1 fully saturated rings. The van der Waals surface area contributed by atoms with Crippen molar-refractivity contribution in [2.45, 2.75) is 62.3 Å². The quantitative estimate of drug-likeness (QED) is 0.0341. The van der Waals surface area contributed by atoms with E-state index in [4.69, 9.17) is 14.2 Å². The monoisotopic (exact) mass is 707 g/mol. The molecule has 0 unspecified atom stereocenters. The predicted molar refractivity (Wildman–Crippen MR) is 196 cm³/mol. The highest BCUT2D eigenvalue weighted by atomic mass is 32.2. The minimum atomic E-state index is -0.994. The second-order valence-electron chi connectivity index (χ2n) is 12.2. The van der Waals surface area contributed by atoms with Gasteiger partial charge in [-0.05, 0) is 78.1 Å². The first kappa shape index (κ1) is 33.6. The average molecular weight is 708 g/mol. The Morgan fingerprint density at radius 2 is 1.84 bits per heavy atom. The summed E-state index contributed by atoms with van der Waals surface area (Å²) in [6.45, 7) is 6.86. The van der Waals surface area contributed by atoms with Crippen molar-refractivity contribution in [3.63, 3.8) is 0 Å². The maximum atomic E-state index is 13.9. The molecule has 256 valence electrons. The molecular weight excluding hydrogens is 671 g/mol. The molecule has 2 atom stereocenters. The molecule has 0 radical (unpaired) electrons. The molecular formula is C39H37N3O6S2. The van der Waals surface area contributed by atoms with Crippen LogP contribution in [0.25, 0.3) is 16.5 Å². The zero-order valence-corrected chi connectivity index (χ0v) is 29.7. The van der Waals surface area contributed by atoms with Gasteiger partial charge in [-0.15, -0.1) is 10.2 Å². The first-order valence-corrected chi connectivity index (χ1v) is 18.6. The van der Waals surface area contributed by atoms with E-state index in [1.165, 1.54) is 28.0 Å². The van der Waals surface area contributed by atoms with Gasteiger partial charge in [-0.3, -0.25) is 14.5 Å². The van der Waals surface area contributed by atoms with Gasteiger partial charge in [0, 0.05) is 17.7 Å². The molecule has 2 aliphatic rings. The first-order chi connectivity index (χ1) is 24.4. The van der Waals surface area contributed by atoms with E-state index in [2.05, 4.69) is 41.4 Å². The Bertz CT molecular complexity index is 2110. The lowest BCUT2D eigenvalue weighted by molar-refractivity contribution is -0.132. The number of aromatic nitrogens is 2. The lowest BCUT2D eigenvalue weighted by Gasteiger charge is -2.23. The van der Waals surface area contributed by atoms with E-state index in [0.717, 1.165) is 40.5 Å². The zero-order valence-electron chi connectivity index (χ0n) is 28.0. The van der Waals surface area contributed by atoms with Crippen molar-refractivity contribution in [2.24, 2.45) is 0 Å². The lowest BCUT2D eigenvalue weighted by atomic mass is 9.94. The predicted octanol–water partition coefficient (Wildman–Crippen LogP) is 8.51. The third-order valence-electron chi connectivity index (χ3n) is 8.79. The molecule has 5 aromatic rings. The SMILES string of the molecule is CCCCOc1ccc([C@H]2/C(=C(\O)c3ccc4c(c3)C[C@H](C)O4)C(=O)C(=O)N2c2nnc(SCc3cccc4ccccc34)s2)cc1OCC. The summed E-state index contributed by atoms with van der Waals surface area (Å²) in [4.78, 5) is 29.2. The summed E-state index contributed by atoms with van der Waals surface area (Å²) in [5.41, 5.74) is 3.04. The van der Waals surface area contributed by atoms with E-state index in [9.17, 15) is 14.7 Å². The van der Waals surface area contributed by atoms with E-state index in [0.29, 0.717) is 52.4 Å². The van der Waals surface area contributed by atoms with Gasteiger partial charge in [0.25, 0.3) is 5.78 Å². The van der Waals surface area contributed by atoms with Gasteiger partial charge in [-0.1, -0.05) is 85.0 Å². The maximum absolute atomic E-state index is 13.9. The van der Waals surface area contributed by atoms with Crippen molar-refractivity contribution in [1.29, 1.82) is 0 Å². The summed E-state index contributed by atoms with van der Waals surface area (Å²) in [5, 5.41) is 23.2. The Morgan fingerprint density at radius 3 is 2.68 bits per heavy atom. The van der Waals surface area contributed by atoms with Gasteiger partial charge in [0.15, 0.2) is 15.8 Å². The van der Waals surface area contributed by atoms with E-state index >= 15 is 0 Å². The van der Waals surface area contributed by atoms with Gasteiger partial charge < -0.3 is 19.3 Å². The Hall–Kier alpha value is -4.87. The number of nitrogens with zero attached hydrogens (tertiary/aromatic N) is 3. The van der Waals surface area contributed by atoms with E-state index in [-0.39, 0.29) is 22.6 Å². The van der Waals surface area contributed by atoms with Gasteiger partial charge >= 0.3 is 5.91 Å². The molecule has 1 N–H and O–H groups in total. The number of Topliss-reactive ketones (excluding diaryl/α,β-unsaturated/α-hetero) is 1. The highest BCUT2D eigenvalue weighted by Gasteiger charge is 2.48. The Morgan fingerprint density at radius 1 is 1.00 bits per heavy atom. The molecule has 9 nitrogen and oxygen atoms in total. The van der Waals surface area contributed by atoms with Crippen LogP contribution in [0.1, 0.15) is 61.9 Å². The van der Waals surface area contributed by atoms with Gasteiger partial charge in [0.05, 0.1) is 24.8 Å². The number of benzene rings is 4. The number of carbonyl (C=O) groups excluding carboxylic acids is 2. The van der Waals surface area contributed by atoms with Crippen LogP contribution in [0.3, 0.4) is 0 Å². The van der Waals surface area contributed by atoms with E-state index < -0.39 is 17.7 Å². The number of thioether (sulfide) groups is 1. The standard InChI is InChI=1S/C39H37N3O6S2/c1-4-6-18-47-31-17-14-25(21-32(31)46-5-2)34-33(35(43)26-15-16-30-28(20-26)19-23(3)48-30)36(44)37(45)42(34)38-40-41-39(50-38)49-22-27-12-9-11-24-10-7-8-13-29(24)27/h7-17,20-21,23,34,43H,4-6,18-19,22H2,1-3H3/b35-33+/t23-,34-/m0/s1. The molecule has 1 amide bonds. The molecule has 0 aliphatic carbocycles. The molecule has 4 aromatic carbocycles. The number of ketones is 1. The maximum Gasteiger partial charge on any atom is 0.301 e. The number of aliphatic hydroxyl groups is 1. The molecule has 1 saturated heterocycles. The van der Waals surface area contributed by atoms with Crippen LogP contribution in [-0.4, -0.2) is 46.3 Å². The third-order valence-corrected chi connectivity index (χ3v) is 10.9. The fourth-order valence-electron chi connectivity index (χ4n) is 6.39. The number of carbonyl (C=O) groups is 2. The van der Waals surface area contributed by atoms with Crippen LogP contribution in [0.5, 0.6) is 17.2 Å². The average Bonchev–Trinajstić information content (AvgIpc) is 3.82. The van der Waals surface area contributed by atoms with Crippen LogP contribution in [-0.2, 0) is 21.8 Å². The minimum Gasteiger partial charge on any atom is -0.507 e. The molecule has 11 heteroatoms. The number of hydrogen-bond acceptors (Lipinski definition) is 10. The topological polar surface area (TPSA) is 111 Å². The largest absolute Gasteiger partial charge is 0.507 e. The molecule has 3 heterocycles. The Balaban J connectivity index is 1.27. The number of hydrogen-bond donors (Lipinski definition) is 1.